The van der Waals surface area contributed by atoms with Crippen molar-refractivity contribution in [2.75, 3.05) is 0 Å². The molecular formula is C36H30N4OZn+2. The van der Waals surface area contributed by atoms with Gasteiger partial charge in [0.1, 0.15) is 0 Å². The molecule has 7 rings (SSSR count). The van der Waals surface area contributed by atoms with E-state index in [2.05, 4.69) is 116 Å². The van der Waals surface area contributed by atoms with Crippen molar-refractivity contribution in [3.05, 3.63) is 118 Å². The summed E-state index contributed by atoms with van der Waals surface area (Å²) in [5, 5.41) is 9.45. The molecule has 200 valence electrons. The first kappa shape index (κ1) is 27.8. The minimum Gasteiger partial charge on any atom is -0.392 e. The van der Waals surface area contributed by atoms with Crippen molar-refractivity contribution in [2.24, 2.45) is 0 Å². The molecule has 6 heteroatoms. The first-order valence-corrected chi connectivity index (χ1v) is 13.8. The second-order valence-corrected chi connectivity index (χ2v) is 10.7. The molecule has 0 atom stereocenters. The van der Waals surface area contributed by atoms with Gasteiger partial charge >= 0.3 is 19.5 Å². The van der Waals surface area contributed by atoms with Crippen LogP contribution in [0, 0.1) is 20.8 Å². The average molecular weight is 600 g/mol. The Morgan fingerprint density at radius 3 is 1.93 bits per heavy atom. The molecule has 0 aliphatic carbocycles. The van der Waals surface area contributed by atoms with Gasteiger partial charge in [0.05, 0.1) is 34.9 Å². The van der Waals surface area contributed by atoms with Gasteiger partial charge in [0.25, 0.3) is 0 Å². The van der Waals surface area contributed by atoms with Crippen LogP contribution in [-0.4, -0.2) is 25.0 Å². The molecular weight excluding hydrogens is 570 g/mol. The van der Waals surface area contributed by atoms with Crippen molar-refractivity contribution >= 4 is 46.4 Å². The number of aryl methyl sites for hydroxylation is 2. The van der Waals surface area contributed by atoms with Crippen LogP contribution in [0.1, 0.15) is 45.0 Å². The molecule has 3 N–H and O–H groups in total. The fourth-order valence-electron chi connectivity index (χ4n) is 5.58. The molecule has 8 bridgehead atoms. The number of rotatable bonds is 3. The molecule has 5 aromatic rings. The Hall–Kier alpha value is -4.38. The maximum Gasteiger partial charge on any atom is 2.00 e. The third-order valence-electron chi connectivity index (χ3n) is 8.10. The largest absolute Gasteiger partial charge is 2.00 e. The molecule has 0 saturated carbocycles. The molecule has 0 spiro atoms. The summed E-state index contributed by atoms with van der Waals surface area (Å²) >= 11 is 0. The van der Waals surface area contributed by atoms with E-state index in [-0.39, 0.29) is 26.1 Å². The van der Waals surface area contributed by atoms with Crippen LogP contribution in [0.25, 0.3) is 68.6 Å². The van der Waals surface area contributed by atoms with E-state index in [4.69, 9.17) is 9.97 Å². The first-order chi connectivity index (χ1) is 20.0. The van der Waals surface area contributed by atoms with E-state index < -0.39 is 0 Å². The number of aliphatic hydroxyl groups excluding tert-OH is 1. The van der Waals surface area contributed by atoms with Crippen LogP contribution in [0.4, 0.5) is 0 Å². The molecule has 0 fully saturated rings. The van der Waals surface area contributed by atoms with E-state index >= 15 is 0 Å². The molecule has 0 amide bonds. The van der Waals surface area contributed by atoms with E-state index in [9.17, 15) is 5.11 Å². The van der Waals surface area contributed by atoms with Crippen molar-refractivity contribution in [1.29, 1.82) is 0 Å². The SMILES string of the molecule is Cc1c2nc(c(C)c3ccc(cc4cc(-c5cccc(-c6ccc(CO)cc6)c5)c([nH]4)c(C)c4nc1C=C4)[nH]3)C=C2.[Zn+2]. The van der Waals surface area contributed by atoms with Crippen molar-refractivity contribution < 1.29 is 24.6 Å². The van der Waals surface area contributed by atoms with Crippen molar-refractivity contribution in [3.63, 3.8) is 0 Å². The first-order valence-electron chi connectivity index (χ1n) is 13.8. The Labute approximate surface area is 257 Å². The van der Waals surface area contributed by atoms with Crippen LogP contribution in [0.15, 0.2) is 72.8 Å². The van der Waals surface area contributed by atoms with Crippen LogP contribution in [-0.2, 0) is 26.1 Å². The summed E-state index contributed by atoms with van der Waals surface area (Å²) in [5.74, 6) is 0. The summed E-state index contributed by atoms with van der Waals surface area (Å²) in [6, 6.07) is 25.3. The fraction of sp³-hybridized carbons (Fsp3) is 0.111. The zero-order valence-electron chi connectivity index (χ0n) is 24.0. The van der Waals surface area contributed by atoms with Crippen LogP contribution >= 0.6 is 0 Å². The van der Waals surface area contributed by atoms with E-state index in [1.165, 1.54) is 0 Å². The van der Waals surface area contributed by atoms with Crippen LogP contribution in [0.2, 0.25) is 0 Å². The van der Waals surface area contributed by atoms with E-state index in [0.29, 0.717) is 0 Å². The number of fused-ring (bicyclic) bond motifs is 8. The van der Waals surface area contributed by atoms with Gasteiger partial charge in [0.15, 0.2) is 0 Å². The number of aromatic nitrogens is 4. The monoisotopic (exact) mass is 598 g/mol. The third kappa shape index (κ3) is 4.98. The topological polar surface area (TPSA) is 77.6 Å². The van der Waals surface area contributed by atoms with Crippen LogP contribution < -0.4 is 0 Å². The summed E-state index contributed by atoms with van der Waals surface area (Å²) in [4.78, 5) is 17.2. The van der Waals surface area contributed by atoms with Gasteiger partial charge in [-0.05, 0) is 109 Å². The Kier molecular flexibility index (Phi) is 7.36. The normalized spacial score (nSPS) is 12.0. The van der Waals surface area contributed by atoms with Crippen LogP contribution in [0.3, 0.4) is 0 Å². The maximum absolute atomic E-state index is 9.45. The Bertz CT molecular complexity index is 2060. The standard InChI is InChI=1S/C36H30N4O.Zn/c1-21-31-12-11-28(37-31)18-29-19-30(27-6-4-5-26(17-27)25-9-7-24(20-41)8-10-25)36(38-29)23(3)35-16-15-34(40-35)22(2)33-14-13-32(21)39-33;/h4-19,37-38,41H,20H2,1-3H3;/q;+2. The minimum atomic E-state index is 0. The number of H-pyrrole nitrogens is 2. The zero-order valence-corrected chi connectivity index (χ0v) is 27.0. The second kappa shape index (κ2) is 11.1. The summed E-state index contributed by atoms with van der Waals surface area (Å²) in [5.41, 5.74) is 16.5. The van der Waals surface area contributed by atoms with Gasteiger partial charge < -0.3 is 15.1 Å². The number of nitrogens with zero attached hydrogens (tertiary/aromatic N) is 2. The van der Waals surface area contributed by atoms with Gasteiger partial charge in [-0.25, -0.2) is 9.97 Å². The van der Waals surface area contributed by atoms with Gasteiger partial charge in [-0.15, -0.1) is 0 Å². The number of benzene rings is 2. The molecule has 2 aromatic carbocycles. The number of nitrogens with one attached hydrogen (secondary N) is 2. The summed E-state index contributed by atoms with van der Waals surface area (Å²) in [6.45, 7) is 6.36. The van der Waals surface area contributed by atoms with Crippen LogP contribution in [0.5, 0.6) is 0 Å². The fourth-order valence-corrected chi connectivity index (χ4v) is 5.58. The maximum atomic E-state index is 9.45. The molecule has 2 aliphatic heterocycles. The van der Waals surface area contributed by atoms with Crippen molar-refractivity contribution in [1.82, 2.24) is 19.9 Å². The minimum absolute atomic E-state index is 0. The number of aromatic amines is 2. The molecule has 2 aliphatic rings. The van der Waals surface area contributed by atoms with Gasteiger partial charge in [-0.1, -0.05) is 42.5 Å². The zero-order chi connectivity index (χ0) is 28.1. The van der Waals surface area contributed by atoms with Gasteiger partial charge in [0.2, 0.25) is 0 Å². The molecule has 5 nitrogen and oxygen atoms in total. The summed E-state index contributed by atoms with van der Waals surface area (Å²) in [7, 11) is 0. The number of hydrogen-bond acceptors (Lipinski definition) is 3. The molecule has 0 saturated heterocycles. The molecule has 5 heterocycles. The predicted octanol–water partition coefficient (Wildman–Crippen LogP) is 8.40. The van der Waals surface area contributed by atoms with Gasteiger partial charge in [0, 0.05) is 27.7 Å². The Morgan fingerprint density at radius 1 is 0.595 bits per heavy atom. The van der Waals surface area contributed by atoms with Crippen molar-refractivity contribution in [2.45, 2.75) is 27.4 Å². The van der Waals surface area contributed by atoms with Gasteiger partial charge in [-0.3, -0.25) is 0 Å². The number of aliphatic hydroxyl groups is 1. The smallest absolute Gasteiger partial charge is 0.392 e. The van der Waals surface area contributed by atoms with E-state index in [0.717, 1.165) is 89.4 Å². The quantitative estimate of drug-likeness (QED) is 0.178. The van der Waals surface area contributed by atoms with Gasteiger partial charge in [-0.2, -0.15) is 0 Å². The molecule has 3 aromatic heterocycles. The summed E-state index contributed by atoms with van der Waals surface area (Å²) < 4.78 is 0. The molecule has 0 radical (unpaired) electrons. The average Bonchev–Trinajstić information content (AvgIpc) is 3.83. The Balaban J connectivity index is 0.00000316. The third-order valence-corrected chi connectivity index (χ3v) is 8.10. The Morgan fingerprint density at radius 2 is 1.24 bits per heavy atom. The summed E-state index contributed by atoms with van der Waals surface area (Å²) in [6.07, 6.45) is 8.33. The van der Waals surface area contributed by atoms with E-state index in [1.807, 2.05) is 12.1 Å². The van der Waals surface area contributed by atoms with E-state index in [1.54, 1.807) is 0 Å². The van der Waals surface area contributed by atoms with Crippen molar-refractivity contribution in [3.8, 4) is 22.3 Å². The predicted molar refractivity (Wildman–Crippen MR) is 170 cm³/mol. The molecule has 42 heavy (non-hydrogen) atoms. The number of hydrogen-bond donors (Lipinski definition) is 3. The molecule has 0 unspecified atom stereocenters. The second-order valence-electron chi connectivity index (χ2n) is 10.7.